The predicted octanol–water partition coefficient (Wildman–Crippen LogP) is 1.29. The van der Waals surface area contributed by atoms with Gasteiger partial charge in [-0.05, 0) is 31.5 Å². The molecule has 5 heteroatoms. The second kappa shape index (κ2) is 7.66. The van der Waals surface area contributed by atoms with Crippen LogP contribution >= 0.6 is 0 Å². The predicted molar refractivity (Wildman–Crippen MR) is 70.7 cm³/mol. The molecule has 1 amide bonds. The number of aromatic nitrogens is 1. The summed E-state index contributed by atoms with van der Waals surface area (Å²) in [7, 11) is 1.52. The van der Waals surface area contributed by atoms with Crippen LogP contribution in [0, 0.1) is 0 Å². The van der Waals surface area contributed by atoms with E-state index in [2.05, 4.69) is 4.98 Å². The Kier molecular flexibility index (Phi) is 6.14. The Morgan fingerprint density at radius 3 is 2.89 bits per heavy atom. The van der Waals surface area contributed by atoms with E-state index < -0.39 is 0 Å². The smallest absolute Gasteiger partial charge is 0.259 e. The van der Waals surface area contributed by atoms with Crippen LogP contribution < -0.4 is 10.5 Å². The number of pyridine rings is 1. The minimum Gasteiger partial charge on any atom is -0.480 e. The molecule has 0 saturated heterocycles. The maximum Gasteiger partial charge on any atom is 0.259 e. The molecule has 0 atom stereocenters. The van der Waals surface area contributed by atoms with Crippen molar-refractivity contribution < 1.29 is 9.53 Å². The molecule has 0 unspecified atom stereocenters. The molecular formula is C13H21N3O2. The molecule has 100 valence electrons. The van der Waals surface area contributed by atoms with E-state index in [4.69, 9.17) is 10.5 Å². The van der Waals surface area contributed by atoms with Gasteiger partial charge < -0.3 is 15.4 Å². The number of hydrogen-bond acceptors (Lipinski definition) is 4. The van der Waals surface area contributed by atoms with Gasteiger partial charge in [-0.25, -0.2) is 4.98 Å². The topological polar surface area (TPSA) is 68.5 Å². The van der Waals surface area contributed by atoms with Gasteiger partial charge in [-0.2, -0.15) is 0 Å². The lowest BCUT2D eigenvalue weighted by Crippen LogP contribution is -2.34. The van der Waals surface area contributed by atoms with Gasteiger partial charge in [0.25, 0.3) is 5.91 Å². The van der Waals surface area contributed by atoms with Gasteiger partial charge in [-0.15, -0.1) is 0 Å². The summed E-state index contributed by atoms with van der Waals surface area (Å²) in [5.41, 5.74) is 6.00. The molecule has 0 saturated carbocycles. The Hall–Kier alpha value is -1.62. The maximum atomic E-state index is 12.4. The molecule has 1 heterocycles. The fraction of sp³-hybridized carbons (Fsp3) is 0.538. The zero-order valence-electron chi connectivity index (χ0n) is 11.1. The highest BCUT2D eigenvalue weighted by Crippen LogP contribution is 2.16. The third-order valence-corrected chi connectivity index (χ3v) is 2.61. The highest BCUT2D eigenvalue weighted by molar-refractivity contribution is 5.96. The van der Waals surface area contributed by atoms with Crippen molar-refractivity contribution in [2.45, 2.75) is 19.8 Å². The summed E-state index contributed by atoms with van der Waals surface area (Å²) in [5.74, 6) is 0.326. The molecule has 0 aliphatic carbocycles. The number of carbonyl (C=O) groups excluding carboxylic acids is 1. The number of carbonyl (C=O) groups is 1. The van der Waals surface area contributed by atoms with E-state index in [1.807, 2.05) is 6.92 Å². The third kappa shape index (κ3) is 3.70. The quantitative estimate of drug-likeness (QED) is 0.793. The van der Waals surface area contributed by atoms with Gasteiger partial charge >= 0.3 is 0 Å². The maximum absolute atomic E-state index is 12.4. The van der Waals surface area contributed by atoms with Crippen LogP contribution in [0.3, 0.4) is 0 Å². The molecule has 0 aromatic carbocycles. The number of hydrogen-bond donors (Lipinski definition) is 1. The summed E-state index contributed by atoms with van der Waals surface area (Å²) >= 11 is 0. The molecule has 5 nitrogen and oxygen atoms in total. The van der Waals surface area contributed by atoms with Crippen molar-refractivity contribution in [3.8, 4) is 5.88 Å². The van der Waals surface area contributed by atoms with E-state index >= 15 is 0 Å². The Balaban J connectivity index is 2.86. The van der Waals surface area contributed by atoms with Crippen molar-refractivity contribution in [1.29, 1.82) is 0 Å². The van der Waals surface area contributed by atoms with Crippen LogP contribution in [0.4, 0.5) is 0 Å². The van der Waals surface area contributed by atoms with Gasteiger partial charge in [-0.1, -0.05) is 6.92 Å². The van der Waals surface area contributed by atoms with E-state index in [-0.39, 0.29) is 5.91 Å². The van der Waals surface area contributed by atoms with Crippen molar-refractivity contribution in [3.05, 3.63) is 23.9 Å². The average Bonchev–Trinajstić information content (AvgIpc) is 2.42. The van der Waals surface area contributed by atoms with Gasteiger partial charge in [0.1, 0.15) is 5.56 Å². The summed E-state index contributed by atoms with van der Waals surface area (Å²) in [6.45, 7) is 4.01. The minimum atomic E-state index is -0.0461. The standard InChI is InChI=1S/C13H21N3O2/c1-3-9-16(10-5-7-14)13(17)11-6-4-8-15-12(11)18-2/h4,6,8H,3,5,7,9-10,14H2,1-2H3. The Bertz CT molecular complexity index is 382. The van der Waals surface area contributed by atoms with Crippen LogP contribution in [0.5, 0.6) is 5.88 Å². The molecule has 0 aliphatic heterocycles. The summed E-state index contributed by atoms with van der Waals surface area (Å²) in [4.78, 5) is 18.2. The number of methoxy groups -OCH3 is 1. The van der Waals surface area contributed by atoms with Gasteiger partial charge in [-0.3, -0.25) is 4.79 Å². The average molecular weight is 251 g/mol. The second-order valence-electron chi connectivity index (χ2n) is 3.99. The zero-order valence-corrected chi connectivity index (χ0v) is 11.1. The second-order valence-corrected chi connectivity index (χ2v) is 3.99. The van der Waals surface area contributed by atoms with Crippen molar-refractivity contribution >= 4 is 5.91 Å². The normalized spacial score (nSPS) is 10.2. The molecule has 0 radical (unpaired) electrons. The number of nitrogens with two attached hydrogens (primary N) is 1. The van der Waals surface area contributed by atoms with Crippen LogP contribution in [0.2, 0.25) is 0 Å². The van der Waals surface area contributed by atoms with Gasteiger partial charge in [0, 0.05) is 19.3 Å². The first-order chi connectivity index (χ1) is 8.74. The molecule has 0 bridgehead atoms. The first kappa shape index (κ1) is 14.4. The largest absolute Gasteiger partial charge is 0.480 e. The monoisotopic (exact) mass is 251 g/mol. The van der Waals surface area contributed by atoms with E-state index in [0.717, 1.165) is 19.4 Å². The summed E-state index contributed by atoms with van der Waals surface area (Å²) in [6.07, 6.45) is 3.33. The Morgan fingerprint density at radius 1 is 1.50 bits per heavy atom. The van der Waals surface area contributed by atoms with E-state index in [1.165, 1.54) is 7.11 Å². The molecule has 1 aromatic rings. The molecule has 1 aromatic heterocycles. The van der Waals surface area contributed by atoms with Crippen molar-refractivity contribution in [1.82, 2.24) is 9.88 Å². The van der Waals surface area contributed by atoms with E-state index in [0.29, 0.717) is 24.5 Å². The minimum absolute atomic E-state index is 0.0461. The third-order valence-electron chi connectivity index (χ3n) is 2.61. The number of nitrogens with zero attached hydrogens (tertiary/aromatic N) is 2. The molecule has 0 spiro atoms. The Morgan fingerprint density at radius 2 is 2.28 bits per heavy atom. The van der Waals surface area contributed by atoms with E-state index in [9.17, 15) is 4.79 Å². The van der Waals surface area contributed by atoms with Crippen LogP contribution in [0.1, 0.15) is 30.1 Å². The first-order valence-electron chi connectivity index (χ1n) is 6.23. The summed E-state index contributed by atoms with van der Waals surface area (Å²) in [6, 6.07) is 3.47. The van der Waals surface area contributed by atoms with Crippen molar-refractivity contribution in [3.63, 3.8) is 0 Å². The molecule has 2 N–H and O–H groups in total. The first-order valence-corrected chi connectivity index (χ1v) is 6.23. The fourth-order valence-corrected chi connectivity index (χ4v) is 1.75. The van der Waals surface area contributed by atoms with E-state index in [1.54, 1.807) is 23.2 Å². The Labute approximate surface area is 108 Å². The highest BCUT2D eigenvalue weighted by atomic mass is 16.5. The van der Waals surface area contributed by atoms with Crippen LogP contribution in [0.15, 0.2) is 18.3 Å². The highest BCUT2D eigenvalue weighted by Gasteiger charge is 2.18. The van der Waals surface area contributed by atoms with Gasteiger partial charge in [0.15, 0.2) is 0 Å². The van der Waals surface area contributed by atoms with Gasteiger partial charge in [0.2, 0.25) is 5.88 Å². The summed E-state index contributed by atoms with van der Waals surface area (Å²) in [5, 5.41) is 0. The molecular weight excluding hydrogens is 230 g/mol. The number of rotatable bonds is 7. The lowest BCUT2D eigenvalue weighted by molar-refractivity contribution is 0.0750. The molecule has 18 heavy (non-hydrogen) atoms. The number of ether oxygens (including phenoxy) is 1. The fourth-order valence-electron chi connectivity index (χ4n) is 1.75. The zero-order chi connectivity index (χ0) is 13.4. The summed E-state index contributed by atoms with van der Waals surface area (Å²) < 4.78 is 5.12. The molecule has 0 fully saturated rings. The lowest BCUT2D eigenvalue weighted by atomic mass is 10.2. The SMILES string of the molecule is CCCN(CCCN)C(=O)c1cccnc1OC. The lowest BCUT2D eigenvalue weighted by Gasteiger charge is -2.22. The van der Waals surface area contributed by atoms with Crippen molar-refractivity contribution in [2.75, 3.05) is 26.7 Å². The van der Waals surface area contributed by atoms with Crippen LogP contribution in [-0.4, -0.2) is 42.5 Å². The van der Waals surface area contributed by atoms with Crippen LogP contribution in [0.25, 0.3) is 0 Å². The van der Waals surface area contributed by atoms with Gasteiger partial charge in [0.05, 0.1) is 7.11 Å². The molecule has 1 rings (SSSR count). The number of amides is 1. The van der Waals surface area contributed by atoms with Crippen LogP contribution in [-0.2, 0) is 0 Å². The molecule has 0 aliphatic rings. The van der Waals surface area contributed by atoms with Crippen molar-refractivity contribution in [2.24, 2.45) is 5.73 Å².